The second-order valence-electron chi connectivity index (χ2n) is 3.91. The van der Waals surface area contributed by atoms with E-state index in [0.29, 0.717) is 12.2 Å². The van der Waals surface area contributed by atoms with Gasteiger partial charge in [0.2, 0.25) is 0 Å². The van der Waals surface area contributed by atoms with Crippen LogP contribution >= 0.6 is 11.6 Å². The van der Waals surface area contributed by atoms with Gasteiger partial charge < -0.3 is 4.74 Å². The molecule has 0 unspecified atom stereocenters. The summed E-state index contributed by atoms with van der Waals surface area (Å²) in [5.74, 6) is 0.870. The van der Waals surface area contributed by atoms with Crippen molar-refractivity contribution in [3.8, 4) is 5.75 Å². The Morgan fingerprint density at radius 2 is 1.88 bits per heavy atom. The lowest BCUT2D eigenvalue weighted by Gasteiger charge is -2.12. The van der Waals surface area contributed by atoms with E-state index in [1.54, 1.807) is 12.1 Å². The van der Waals surface area contributed by atoms with Crippen LogP contribution in [0.1, 0.15) is 41.3 Å². The van der Waals surface area contributed by atoms with Gasteiger partial charge in [0, 0.05) is 5.56 Å². The summed E-state index contributed by atoms with van der Waals surface area (Å²) in [5.41, 5.74) is 2.44. The highest BCUT2D eigenvalue weighted by Crippen LogP contribution is 2.25. The van der Waals surface area contributed by atoms with E-state index in [4.69, 9.17) is 16.3 Å². The molecule has 0 saturated carbocycles. The summed E-state index contributed by atoms with van der Waals surface area (Å²) in [4.78, 5) is 11.0. The zero-order valence-corrected chi connectivity index (χ0v) is 10.7. The van der Waals surface area contributed by atoms with Crippen LogP contribution < -0.4 is 4.74 Å². The fourth-order valence-electron chi connectivity index (χ4n) is 1.61. The third-order valence-electron chi connectivity index (χ3n) is 2.43. The van der Waals surface area contributed by atoms with Crippen LogP contribution in [0.3, 0.4) is 0 Å². The number of benzene rings is 1. The van der Waals surface area contributed by atoms with Crippen molar-refractivity contribution in [3.63, 3.8) is 0 Å². The molecule has 0 heterocycles. The summed E-state index contributed by atoms with van der Waals surface area (Å²) in [6.07, 6.45) is 2.14. The Bertz CT molecular complexity index is 363. The van der Waals surface area contributed by atoms with Crippen molar-refractivity contribution in [3.05, 3.63) is 28.8 Å². The number of carbonyl (C=O) groups is 1. The molecule has 0 fully saturated rings. The number of hydrogen-bond acceptors (Lipinski definition) is 2. The number of hydrogen-bond donors (Lipinski definition) is 0. The lowest BCUT2D eigenvalue weighted by molar-refractivity contribution is 0.108. The minimum Gasteiger partial charge on any atom is -0.493 e. The summed E-state index contributed by atoms with van der Waals surface area (Å²) in [7, 11) is 0. The Labute approximate surface area is 102 Å². The average Bonchev–Trinajstić information content (AvgIpc) is 2.21. The molecular formula is C13H17ClO2. The topological polar surface area (TPSA) is 26.3 Å². The molecule has 88 valence electrons. The molecule has 0 bridgehead atoms. The van der Waals surface area contributed by atoms with Crippen molar-refractivity contribution in [2.24, 2.45) is 0 Å². The number of ether oxygens (including phenoxy) is 1. The lowest BCUT2D eigenvalue weighted by Crippen LogP contribution is -2.02. The first-order chi connectivity index (χ1) is 7.56. The van der Waals surface area contributed by atoms with Crippen LogP contribution in [0.15, 0.2) is 12.1 Å². The Morgan fingerprint density at radius 1 is 1.31 bits per heavy atom. The molecule has 3 heteroatoms. The van der Waals surface area contributed by atoms with Crippen LogP contribution in [-0.4, -0.2) is 11.8 Å². The molecule has 1 rings (SSSR count). The van der Waals surface area contributed by atoms with Gasteiger partial charge in [-0.3, -0.25) is 4.79 Å². The number of halogens is 1. The van der Waals surface area contributed by atoms with Gasteiger partial charge in [-0.05, 0) is 55.1 Å². The van der Waals surface area contributed by atoms with E-state index < -0.39 is 5.24 Å². The lowest BCUT2D eigenvalue weighted by atomic mass is 10.1. The van der Waals surface area contributed by atoms with Crippen molar-refractivity contribution in [2.45, 2.75) is 33.6 Å². The Balaban J connectivity index is 2.89. The first-order valence-corrected chi connectivity index (χ1v) is 5.88. The predicted octanol–water partition coefficient (Wildman–Crippen LogP) is 3.86. The van der Waals surface area contributed by atoms with Gasteiger partial charge in [0.05, 0.1) is 6.61 Å². The first kappa shape index (κ1) is 13.0. The van der Waals surface area contributed by atoms with E-state index in [9.17, 15) is 4.79 Å². The number of aryl methyl sites for hydroxylation is 2. The van der Waals surface area contributed by atoms with Gasteiger partial charge in [0.15, 0.2) is 0 Å². The highest BCUT2D eigenvalue weighted by molar-refractivity contribution is 6.67. The molecule has 2 nitrogen and oxygen atoms in total. The van der Waals surface area contributed by atoms with Crippen molar-refractivity contribution >= 4 is 16.8 Å². The molecule has 0 atom stereocenters. The van der Waals surface area contributed by atoms with E-state index in [1.165, 1.54) is 0 Å². The van der Waals surface area contributed by atoms with Crippen LogP contribution in [0.2, 0.25) is 0 Å². The average molecular weight is 241 g/mol. The molecule has 0 saturated heterocycles. The van der Waals surface area contributed by atoms with Gasteiger partial charge in [-0.1, -0.05) is 13.3 Å². The van der Waals surface area contributed by atoms with Gasteiger partial charge in [-0.15, -0.1) is 0 Å². The molecule has 16 heavy (non-hydrogen) atoms. The Morgan fingerprint density at radius 3 is 2.31 bits per heavy atom. The minimum atomic E-state index is -0.425. The van der Waals surface area contributed by atoms with E-state index in [0.717, 1.165) is 29.7 Å². The van der Waals surface area contributed by atoms with Crippen LogP contribution in [0, 0.1) is 13.8 Å². The third kappa shape index (κ3) is 3.24. The molecule has 0 spiro atoms. The highest BCUT2D eigenvalue weighted by atomic mass is 35.5. The Kier molecular flexibility index (Phi) is 4.81. The van der Waals surface area contributed by atoms with Crippen molar-refractivity contribution in [1.29, 1.82) is 0 Å². The zero-order valence-electron chi connectivity index (χ0n) is 9.97. The molecule has 0 aromatic heterocycles. The van der Waals surface area contributed by atoms with E-state index >= 15 is 0 Å². The quantitative estimate of drug-likeness (QED) is 0.577. The molecule has 0 aliphatic carbocycles. The smallest absolute Gasteiger partial charge is 0.252 e. The monoisotopic (exact) mass is 240 g/mol. The SMILES string of the molecule is CCCCOc1c(C)cc(C(=O)Cl)cc1C. The summed E-state index contributed by atoms with van der Waals surface area (Å²) in [5, 5.41) is -0.425. The maximum absolute atomic E-state index is 11.0. The molecule has 0 amide bonds. The van der Waals surface area contributed by atoms with Crippen LogP contribution in [0.25, 0.3) is 0 Å². The third-order valence-corrected chi connectivity index (χ3v) is 2.65. The van der Waals surface area contributed by atoms with Gasteiger partial charge in [0.25, 0.3) is 5.24 Å². The molecule has 1 aromatic carbocycles. The van der Waals surface area contributed by atoms with Crippen LogP contribution in [-0.2, 0) is 0 Å². The molecule has 0 N–H and O–H groups in total. The van der Waals surface area contributed by atoms with Gasteiger partial charge in [0.1, 0.15) is 5.75 Å². The fourth-order valence-corrected chi connectivity index (χ4v) is 1.72. The molecule has 0 radical (unpaired) electrons. The Hall–Kier alpha value is -1.02. The standard InChI is InChI=1S/C13H17ClO2/c1-4-5-6-16-12-9(2)7-11(13(14)15)8-10(12)3/h7-8H,4-6H2,1-3H3. The minimum absolute atomic E-state index is 0.425. The van der Waals surface area contributed by atoms with E-state index in [1.807, 2.05) is 13.8 Å². The second kappa shape index (κ2) is 5.90. The molecular weight excluding hydrogens is 224 g/mol. The van der Waals surface area contributed by atoms with E-state index in [-0.39, 0.29) is 0 Å². The van der Waals surface area contributed by atoms with Gasteiger partial charge in [-0.25, -0.2) is 0 Å². The summed E-state index contributed by atoms with van der Waals surface area (Å²) < 4.78 is 5.69. The largest absolute Gasteiger partial charge is 0.493 e. The number of rotatable bonds is 5. The molecule has 1 aromatic rings. The summed E-state index contributed by atoms with van der Waals surface area (Å²) in [6, 6.07) is 3.53. The van der Waals surface area contributed by atoms with Gasteiger partial charge in [-0.2, -0.15) is 0 Å². The van der Waals surface area contributed by atoms with Crippen molar-refractivity contribution in [1.82, 2.24) is 0 Å². The van der Waals surface area contributed by atoms with Crippen molar-refractivity contribution in [2.75, 3.05) is 6.61 Å². The second-order valence-corrected chi connectivity index (χ2v) is 4.26. The maximum Gasteiger partial charge on any atom is 0.252 e. The van der Waals surface area contributed by atoms with Crippen molar-refractivity contribution < 1.29 is 9.53 Å². The highest BCUT2D eigenvalue weighted by Gasteiger charge is 2.09. The normalized spacial score (nSPS) is 10.2. The number of unbranched alkanes of at least 4 members (excludes halogenated alkanes) is 1. The fraction of sp³-hybridized carbons (Fsp3) is 0.462. The molecule has 0 aliphatic rings. The molecule has 0 aliphatic heterocycles. The number of carbonyl (C=O) groups excluding carboxylic acids is 1. The van der Waals surface area contributed by atoms with Crippen LogP contribution in [0.4, 0.5) is 0 Å². The zero-order chi connectivity index (χ0) is 12.1. The predicted molar refractivity (Wildman–Crippen MR) is 66.5 cm³/mol. The summed E-state index contributed by atoms with van der Waals surface area (Å²) >= 11 is 5.45. The summed E-state index contributed by atoms with van der Waals surface area (Å²) in [6.45, 7) is 6.69. The van der Waals surface area contributed by atoms with E-state index in [2.05, 4.69) is 6.92 Å². The maximum atomic E-state index is 11.0. The first-order valence-electron chi connectivity index (χ1n) is 5.50. The van der Waals surface area contributed by atoms with Gasteiger partial charge >= 0.3 is 0 Å². The van der Waals surface area contributed by atoms with Crippen LogP contribution in [0.5, 0.6) is 5.75 Å².